The summed E-state index contributed by atoms with van der Waals surface area (Å²) in [6.45, 7) is 5.29. The summed E-state index contributed by atoms with van der Waals surface area (Å²) < 4.78 is 11.1. The number of nitro groups is 1. The monoisotopic (exact) mass is 386 g/mol. The van der Waals surface area contributed by atoms with Crippen molar-refractivity contribution in [3.8, 4) is 11.5 Å². The second-order valence-electron chi connectivity index (χ2n) is 6.07. The third-order valence-corrected chi connectivity index (χ3v) is 3.88. The molecule has 0 saturated carbocycles. The molecule has 0 aliphatic carbocycles. The van der Waals surface area contributed by atoms with Crippen LogP contribution in [0.3, 0.4) is 0 Å². The lowest BCUT2D eigenvalue weighted by molar-refractivity contribution is -0.385. The van der Waals surface area contributed by atoms with Crippen molar-refractivity contribution in [3.05, 3.63) is 64.2 Å². The number of nitrogens with zero attached hydrogens (tertiary/aromatic N) is 2. The summed E-state index contributed by atoms with van der Waals surface area (Å²) in [6.07, 6.45) is -0.123. The molecule has 8 nitrogen and oxygen atoms in total. The van der Waals surface area contributed by atoms with Crippen molar-refractivity contribution >= 4 is 11.6 Å². The molecule has 0 aliphatic rings. The number of para-hydroxylation sites is 1. The average Bonchev–Trinajstić information content (AvgIpc) is 2.70. The van der Waals surface area contributed by atoms with Crippen molar-refractivity contribution in [2.45, 2.75) is 26.5 Å². The maximum absolute atomic E-state index is 11.1. The normalized spacial score (nSPS) is 12.2. The molecule has 28 heavy (non-hydrogen) atoms. The van der Waals surface area contributed by atoms with Crippen LogP contribution in [0.2, 0.25) is 0 Å². The van der Waals surface area contributed by atoms with E-state index in [9.17, 15) is 10.1 Å². The van der Waals surface area contributed by atoms with E-state index in [4.69, 9.17) is 9.47 Å². The van der Waals surface area contributed by atoms with Crippen molar-refractivity contribution in [2.24, 2.45) is 4.99 Å². The SMILES string of the molecule is CCNC(=NCc1ccccc1[N+](=O)[O-])NCC(C)Oc1cccc(OC)c1. The number of nitrogens with one attached hydrogen (secondary N) is 2. The second kappa shape index (κ2) is 10.8. The number of methoxy groups -OCH3 is 1. The van der Waals surface area contributed by atoms with E-state index in [-0.39, 0.29) is 18.3 Å². The zero-order valence-corrected chi connectivity index (χ0v) is 16.3. The Morgan fingerprint density at radius 2 is 1.93 bits per heavy atom. The van der Waals surface area contributed by atoms with Crippen LogP contribution in [0.5, 0.6) is 11.5 Å². The molecule has 0 spiro atoms. The van der Waals surface area contributed by atoms with Crippen LogP contribution < -0.4 is 20.1 Å². The zero-order chi connectivity index (χ0) is 20.4. The smallest absolute Gasteiger partial charge is 0.274 e. The number of aliphatic imine (C=N–C) groups is 1. The number of ether oxygens (including phenoxy) is 2. The fourth-order valence-electron chi connectivity index (χ4n) is 2.52. The van der Waals surface area contributed by atoms with Crippen LogP contribution in [0.25, 0.3) is 0 Å². The molecular formula is C20H26N4O4. The molecule has 150 valence electrons. The minimum atomic E-state index is -0.394. The molecule has 0 bridgehead atoms. The van der Waals surface area contributed by atoms with Crippen LogP contribution in [0, 0.1) is 10.1 Å². The van der Waals surface area contributed by atoms with Gasteiger partial charge in [0.25, 0.3) is 5.69 Å². The number of benzene rings is 2. The Hall–Kier alpha value is -3.29. The topological polar surface area (TPSA) is 98.0 Å². The summed E-state index contributed by atoms with van der Waals surface area (Å²) in [6, 6.07) is 14.0. The summed E-state index contributed by atoms with van der Waals surface area (Å²) in [5.74, 6) is 2.02. The number of hydrogen-bond acceptors (Lipinski definition) is 5. The minimum Gasteiger partial charge on any atom is -0.497 e. The largest absolute Gasteiger partial charge is 0.497 e. The average molecular weight is 386 g/mol. The molecule has 0 saturated heterocycles. The first-order valence-corrected chi connectivity index (χ1v) is 9.08. The van der Waals surface area contributed by atoms with Gasteiger partial charge in [0.2, 0.25) is 0 Å². The van der Waals surface area contributed by atoms with Gasteiger partial charge in [-0.05, 0) is 26.0 Å². The number of nitro benzene ring substituents is 1. The van der Waals surface area contributed by atoms with Gasteiger partial charge in [-0.3, -0.25) is 10.1 Å². The minimum absolute atomic E-state index is 0.0665. The van der Waals surface area contributed by atoms with Gasteiger partial charge in [-0.25, -0.2) is 4.99 Å². The third-order valence-electron chi connectivity index (χ3n) is 3.88. The van der Waals surface area contributed by atoms with Gasteiger partial charge < -0.3 is 20.1 Å². The summed E-state index contributed by atoms with van der Waals surface area (Å²) in [5.41, 5.74) is 0.627. The van der Waals surface area contributed by atoms with Crippen LogP contribution >= 0.6 is 0 Å². The highest BCUT2D eigenvalue weighted by molar-refractivity contribution is 5.79. The fraction of sp³-hybridized carbons (Fsp3) is 0.350. The molecule has 2 rings (SSSR count). The molecule has 1 unspecified atom stereocenters. The van der Waals surface area contributed by atoms with Gasteiger partial charge in [-0.15, -0.1) is 0 Å². The van der Waals surface area contributed by atoms with Crippen LogP contribution in [0.4, 0.5) is 5.69 Å². The van der Waals surface area contributed by atoms with Crippen molar-refractivity contribution in [1.82, 2.24) is 10.6 Å². The van der Waals surface area contributed by atoms with E-state index < -0.39 is 4.92 Å². The highest BCUT2D eigenvalue weighted by atomic mass is 16.6. The lowest BCUT2D eigenvalue weighted by atomic mass is 10.2. The molecule has 1 atom stereocenters. The number of hydrogen-bond donors (Lipinski definition) is 2. The highest BCUT2D eigenvalue weighted by Gasteiger charge is 2.12. The Balaban J connectivity index is 1.96. The van der Waals surface area contributed by atoms with Crippen LogP contribution in [-0.2, 0) is 6.54 Å². The first-order valence-electron chi connectivity index (χ1n) is 9.08. The highest BCUT2D eigenvalue weighted by Crippen LogP contribution is 2.20. The Morgan fingerprint density at radius 3 is 2.64 bits per heavy atom. The molecule has 0 aromatic heterocycles. The molecule has 2 N–H and O–H groups in total. The van der Waals surface area contributed by atoms with E-state index in [1.54, 1.807) is 25.3 Å². The quantitative estimate of drug-likeness (QED) is 0.297. The Morgan fingerprint density at radius 1 is 1.18 bits per heavy atom. The summed E-state index contributed by atoms with van der Waals surface area (Å²) in [7, 11) is 1.61. The molecule has 0 amide bonds. The third kappa shape index (κ3) is 6.46. The molecule has 2 aromatic carbocycles. The molecule has 0 radical (unpaired) electrons. The summed E-state index contributed by atoms with van der Waals surface area (Å²) in [4.78, 5) is 15.2. The van der Waals surface area contributed by atoms with E-state index in [2.05, 4.69) is 15.6 Å². The van der Waals surface area contributed by atoms with E-state index in [0.717, 1.165) is 11.5 Å². The molecule has 2 aromatic rings. The zero-order valence-electron chi connectivity index (χ0n) is 16.3. The predicted molar refractivity (Wildman–Crippen MR) is 109 cm³/mol. The van der Waals surface area contributed by atoms with Crippen molar-refractivity contribution in [3.63, 3.8) is 0 Å². The van der Waals surface area contributed by atoms with Crippen molar-refractivity contribution in [1.29, 1.82) is 0 Å². The molecule has 8 heteroatoms. The number of rotatable bonds is 9. The van der Waals surface area contributed by atoms with E-state index >= 15 is 0 Å². The van der Waals surface area contributed by atoms with Gasteiger partial charge in [0, 0.05) is 18.7 Å². The molecule has 0 aliphatic heterocycles. The molecule has 0 fully saturated rings. The van der Waals surface area contributed by atoms with Crippen LogP contribution in [-0.4, -0.2) is 37.2 Å². The maximum Gasteiger partial charge on any atom is 0.274 e. The van der Waals surface area contributed by atoms with Crippen molar-refractivity contribution in [2.75, 3.05) is 20.2 Å². The van der Waals surface area contributed by atoms with E-state index in [1.807, 2.05) is 38.1 Å². The van der Waals surface area contributed by atoms with E-state index in [0.29, 0.717) is 24.6 Å². The standard InChI is InChI=1S/C20H26N4O4/c1-4-21-20(23-14-16-8-5-6-11-19(16)24(25)26)22-13-15(2)28-18-10-7-9-17(12-18)27-3/h5-12,15H,4,13-14H2,1-3H3,(H2,21,22,23). The first kappa shape index (κ1) is 21.0. The lowest BCUT2D eigenvalue weighted by Crippen LogP contribution is -2.41. The van der Waals surface area contributed by atoms with Crippen molar-refractivity contribution < 1.29 is 14.4 Å². The Labute approximate surface area is 164 Å². The fourth-order valence-corrected chi connectivity index (χ4v) is 2.52. The Bertz CT molecular complexity index is 810. The predicted octanol–water partition coefficient (Wildman–Crippen LogP) is 3.13. The lowest BCUT2D eigenvalue weighted by Gasteiger charge is -2.18. The van der Waals surface area contributed by atoms with E-state index in [1.165, 1.54) is 6.07 Å². The summed E-state index contributed by atoms with van der Waals surface area (Å²) in [5, 5.41) is 17.5. The van der Waals surface area contributed by atoms with Gasteiger partial charge in [0.05, 0.1) is 30.7 Å². The van der Waals surface area contributed by atoms with Crippen LogP contribution in [0.1, 0.15) is 19.4 Å². The van der Waals surface area contributed by atoms with Gasteiger partial charge in [-0.2, -0.15) is 0 Å². The van der Waals surface area contributed by atoms with Gasteiger partial charge in [0.15, 0.2) is 5.96 Å². The number of guanidine groups is 1. The van der Waals surface area contributed by atoms with Gasteiger partial charge in [0.1, 0.15) is 17.6 Å². The Kier molecular flexibility index (Phi) is 8.08. The van der Waals surface area contributed by atoms with Gasteiger partial charge in [-0.1, -0.05) is 24.3 Å². The van der Waals surface area contributed by atoms with Crippen LogP contribution in [0.15, 0.2) is 53.5 Å². The maximum atomic E-state index is 11.1. The first-order chi connectivity index (χ1) is 13.5. The molecular weight excluding hydrogens is 360 g/mol. The molecule has 0 heterocycles. The second-order valence-corrected chi connectivity index (χ2v) is 6.07. The summed E-state index contributed by atoms with van der Waals surface area (Å²) >= 11 is 0. The van der Waals surface area contributed by atoms with Gasteiger partial charge >= 0.3 is 0 Å².